The molecule has 1 saturated heterocycles. The van der Waals surface area contributed by atoms with Crippen LogP contribution in [0.25, 0.3) is 6.08 Å². The lowest BCUT2D eigenvalue weighted by Gasteiger charge is -2.39. The Morgan fingerprint density at radius 2 is 1.97 bits per heavy atom. The van der Waals surface area contributed by atoms with E-state index in [9.17, 15) is 9.59 Å². The minimum Gasteiger partial charge on any atom is -0.356 e. The van der Waals surface area contributed by atoms with Gasteiger partial charge in [0.15, 0.2) is 0 Å². The Labute approximate surface area is 191 Å². The molecule has 0 spiro atoms. The van der Waals surface area contributed by atoms with Crippen molar-refractivity contribution in [2.24, 2.45) is 5.92 Å². The van der Waals surface area contributed by atoms with Crippen LogP contribution >= 0.6 is 11.8 Å². The smallest absolute Gasteiger partial charge is 0.257 e. The minimum atomic E-state index is -0.0111. The lowest BCUT2D eigenvalue weighted by molar-refractivity contribution is -0.127. The highest BCUT2D eigenvalue weighted by atomic mass is 32.2. The number of rotatable bonds is 9. The van der Waals surface area contributed by atoms with Crippen molar-refractivity contribution in [1.29, 1.82) is 0 Å². The molecule has 1 aromatic carbocycles. The Morgan fingerprint density at radius 1 is 1.23 bits per heavy atom. The van der Waals surface area contributed by atoms with E-state index in [1.165, 1.54) is 18.4 Å². The number of nitrogens with zero attached hydrogens (tertiary/aromatic N) is 1. The summed E-state index contributed by atoms with van der Waals surface area (Å²) in [5, 5.41) is 6.64. The predicted molar refractivity (Wildman–Crippen MR) is 130 cm³/mol. The Kier molecular flexibility index (Phi) is 9.02. The third-order valence-electron chi connectivity index (χ3n) is 6.26. The zero-order chi connectivity index (χ0) is 22.2. The molecule has 1 aliphatic heterocycles. The molecule has 2 aliphatic rings. The van der Waals surface area contributed by atoms with Crippen LogP contribution in [0.15, 0.2) is 29.2 Å². The van der Waals surface area contributed by atoms with Gasteiger partial charge in [-0.2, -0.15) is 0 Å². The third kappa shape index (κ3) is 7.11. The lowest BCUT2D eigenvalue weighted by atomic mass is 9.84. The SMILES string of the molecule is CCCCN(C)CCCNC(=O)C1CCC2S/C(=C/c3ccc(C)cc3)C(=O)NC2C1. The van der Waals surface area contributed by atoms with Crippen LogP contribution in [0.1, 0.15) is 56.6 Å². The average Bonchev–Trinajstić information content (AvgIpc) is 2.76. The zero-order valence-electron chi connectivity index (χ0n) is 19.2. The molecular formula is C25H37N3O2S. The topological polar surface area (TPSA) is 61.4 Å². The highest BCUT2D eigenvalue weighted by Gasteiger charge is 2.39. The summed E-state index contributed by atoms with van der Waals surface area (Å²) in [5.74, 6) is 0.139. The van der Waals surface area contributed by atoms with E-state index in [-0.39, 0.29) is 23.8 Å². The van der Waals surface area contributed by atoms with Crippen LogP contribution < -0.4 is 10.6 Å². The number of unbranched alkanes of at least 4 members (excludes halogenated alkanes) is 1. The molecule has 2 fully saturated rings. The molecule has 1 heterocycles. The number of aryl methyl sites for hydroxylation is 1. The van der Waals surface area contributed by atoms with E-state index in [0.717, 1.165) is 55.8 Å². The quantitative estimate of drug-likeness (QED) is 0.448. The number of hydrogen-bond acceptors (Lipinski definition) is 4. The van der Waals surface area contributed by atoms with Crippen molar-refractivity contribution in [2.75, 3.05) is 26.7 Å². The zero-order valence-corrected chi connectivity index (χ0v) is 20.0. The predicted octanol–water partition coefficient (Wildman–Crippen LogP) is 3.97. The Hall–Kier alpha value is -1.79. The van der Waals surface area contributed by atoms with Gasteiger partial charge in [0.05, 0.1) is 4.91 Å². The number of amides is 2. The van der Waals surface area contributed by atoms with Gasteiger partial charge < -0.3 is 15.5 Å². The van der Waals surface area contributed by atoms with Crippen LogP contribution in [0.5, 0.6) is 0 Å². The van der Waals surface area contributed by atoms with Gasteiger partial charge in [0.1, 0.15) is 0 Å². The largest absolute Gasteiger partial charge is 0.356 e. The number of fused-ring (bicyclic) bond motifs is 1. The van der Waals surface area contributed by atoms with E-state index >= 15 is 0 Å². The molecular weight excluding hydrogens is 406 g/mol. The fraction of sp³-hybridized carbons (Fsp3) is 0.600. The summed E-state index contributed by atoms with van der Waals surface area (Å²) in [6.45, 7) is 7.12. The fourth-order valence-electron chi connectivity index (χ4n) is 4.29. The van der Waals surface area contributed by atoms with E-state index in [2.05, 4.69) is 48.6 Å². The van der Waals surface area contributed by atoms with Gasteiger partial charge in [0.25, 0.3) is 5.91 Å². The second-order valence-electron chi connectivity index (χ2n) is 8.97. The van der Waals surface area contributed by atoms with Gasteiger partial charge in [-0.25, -0.2) is 0 Å². The van der Waals surface area contributed by atoms with Crippen LogP contribution in [-0.4, -0.2) is 54.7 Å². The maximum atomic E-state index is 12.6. The van der Waals surface area contributed by atoms with E-state index < -0.39 is 0 Å². The summed E-state index contributed by atoms with van der Waals surface area (Å²) in [5.41, 5.74) is 2.26. The van der Waals surface area contributed by atoms with Crippen molar-refractivity contribution >= 4 is 29.7 Å². The van der Waals surface area contributed by atoms with E-state index in [4.69, 9.17) is 0 Å². The molecule has 170 valence electrons. The van der Waals surface area contributed by atoms with E-state index in [1.54, 1.807) is 11.8 Å². The van der Waals surface area contributed by atoms with Gasteiger partial charge in [-0.3, -0.25) is 9.59 Å². The second-order valence-corrected chi connectivity index (χ2v) is 10.2. The molecule has 0 bridgehead atoms. The summed E-state index contributed by atoms with van der Waals surface area (Å²) >= 11 is 1.68. The van der Waals surface area contributed by atoms with Crippen molar-refractivity contribution < 1.29 is 9.59 Å². The van der Waals surface area contributed by atoms with E-state index in [1.807, 2.05) is 18.2 Å². The van der Waals surface area contributed by atoms with Crippen LogP contribution in [0, 0.1) is 12.8 Å². The summed E-state index contributed by atoms with van der Waals surface area (Å²) in [6.07, 6.45) is 7.98. The molecule has 3 unspecified atom stereocenters. The van der Waals surface area contributed by atoms with Crippen molar-refractivity contribution in [3.63, 3.8) is 0 Å². The molecule has 3 rings (SSSR count). The van der Waals surface area contributed by atoms with Gasteiger partial charge >= 0.3 is 0 Å². The van der Waals surface area contributed by atoms with Crippen molar-refractivity contribution in [1.82, 2.24) is 15.5 Å². The first-order valence-electron chi connectivity index (χ1n) is 11.7. The van der Waals surface area contributed by atoms with Gasteiger partial charge in [0, 0.05) is 23.8 Å². The van der Waals surface area contributed by atoms with Gasteiger partial charge in [-0.05, 0) is 70.8 Å². The summed E-state index contributed by atoms with van der Waals surface area (Å²) in [6, 6.07) is 8.30. The normalized spacial score (nSPS) is 24.7. The monoisotopic (exact) mass is 443 g/mol. The number of nitrogens with one attached hydrogen (secondary N) is 2. The molecule has 0 radical (unpaired) electrons. The van der Waals surface area contributed by atoms with E-state index in [0.29, 0.717) is 5.25 Å². The third-order valence-corrected chi connectivity index (χ3v) is 7.68. The molecule has 1 aliphatic carbocycles. The lowest BCUT2D eigenvalue weighted by Crippen LogP contribution is -2.51. The first-order valence-corrected chi connectivity index (χ1v) is 12.6. The number of benzene rings is 1. The first kappa shape index (κ1) is 23.9. The standard InChI is InChI=1S/C25H37N3O2S/c1-4-5-14-28(3)15-6-13-26-24(29)20-11-12-22-21(17-20)27-25(30)23(31-22)16-19-9-7-18(2)8-10-19/h7-10,16,20-22H,4-6,11-15,17H2,1-3H3,(H,26,29)(H,27,30)/b23-16+. The molecule has 2 amide bonds. The average molecular weight is 444 g/mol. The van der Waals surface area contributed by atoms with Gasteiger partial charge in [-0.1, -0.05) is 43.2 Å². The van der Waals surface area contributed by atoms with Crippen molar-refractivity contribution in [2.45, 2.75) is 63.7 Å². The number of thioether (sulfide) groups is 1. The maximum Gasteiger partial charge on any atom is 0.257 e. The van der Waals surface area contributed by atoms with Crippen LogP contribution in [0.2, 0.25) is 0 Å². The molecule has 0 aromatic heterocycles. The van der Waals surface area contributed by atoms with Gasteiger partial charge in [-0.15, -0.1) is 11.8 Å². The fourth-order valence-corrected chi connectivity index (χ4v) is 5.58. The maximum absolute atomic E-state index is 12.6. The molecule has 2 N–H and O–H groups in total. The Morgan fingerprint density at radius 3 is 2.71 bits per heavy atom. The Balaban J connectivity index is 1.44. The molecule has 31 heavy (non-hydrogen) atoms. The number of carbonyl (C=O) groups excluding carboxylic acids is 2. The number of hydrogen-bond donors (Lipinski definition) is 2. The highest BCUT2D eigenvalue weighted by Crippen LogP contribution is 2.39. The van der Waals surface area contributed by atoms with Crippen molar-refractivity contribution in [3.05, 3.63) is 40.3 Å². The summed E-state index contributed by atoms with van der Waals surface area (Å²) in [4.78, 5) is 28.4. The van der Waals surface area contributed by atoms with Crippen LogP contribution in [0.3, 0.4) is 0 Å². The van der Waals surface area contributed by atoms with Crippen LogP contribution in [0.4, 0.5) is 0 Å². The highest BCUT2D eigenvalue weighted by molar-refractivity contribution is 8.04. The Bertz CT molecular complexity index is 777. The molecule has 6 heteroatoms. The molecule has 1 aromatic rings. The molecule has 5 nitrogen and oxygen atoms in total. The first-order chi connectivity index (χ1) is 15.0. The van der Waals surface area contributed by atoms with Gasteiger partial charge in [0.2, 0.25) is 5.91 Å². The summed E-state index contributed by atoms with van der Waals surface area (Å²) < 4.78 is 0. The van der Waals surface area contributed by atoms with Crippen molar-refractivity contribution in [3.8, 4) is 0 Å². The minimum absolute atomic E-state index is 0.00241. The number of carbonyl (C=O) groups is 2. The summed E-state index contributed by atoms with van der Waals surface area (Å²) in [7, 11) is 2.14. The second kappa shape index (κ2) is 11.7. The molecule has 3 atom stereocenters. The molecule has 1 saturated carbocycles. The van der Waals surface area contributed by atoms with Crippen LogP contribution in [-0.2, 0) is 9.59 Å².